The van der Waals surface area contributed by atoms with Gasteiger partial charge in [-0.15, -0.1) is 0 Å². The molecule has 0 fully saturated rings. The molecular formula is C21H26N2O3. The Kier molecular flexibility index (Phi) is 5.66. The maximum atomic E-state index is 12.5. The van der Waals surface area contributed by atoms with Gasteiger partial charge >= 0.3 is 6.03 Å². The molecule has 0 unspecified atom stereocenters. The van der Waals surface area contributed by atoms with Gasteiger partial charge in [-0.2, -0.15) is 0 Å². The standard InChI is InChI=1S/C21H26N2O3/c1-14(2)20(17-9-10-18-19(13-17)26-12-11-25-18)23-21(24)22-15(3)16-7-5-4-6-8-16/h4-10,13-15,20H,11-12H2,1-3H3,(H2,22,23,24)/t15-,20+/m0/s1. The topological polar surface area (TPSA) is 59.6 Å². The number of amides is 2. The first-order valence-electron chi connectivity index (χ1n) is 9.06. The first kappa shape index (κ1) is 18.1. The van der Waals surface area contributed by atoms with Gasteiger partial charge in [0.15, 0.2) is 11.5 Å². The molecule has 2 atom stereocenters. The Morgan fingerprint density at radius 2 is 1.58 bits per heavy atom. The van der Waals surface area contributed by atoms with Crippen molar-refractivity contribution in [2.45, 2.75) is 32.9 Å². The summed E-state index contributed by atoms with van der Waals surface area (Å²) in [6, 6.07) is 15.4. The van der Waals surface area contributed by atoms with Crippen LogP contribution < -0.4 is 20.1 Å². The fourth-order valence-corrected chi connectivity index (χ4v) is 3.09. The zero-order chi connectivity index (χ0) is 18.5. The smallest absolute Gasteiger partial charge is 0.315 e. The molecule has 0 saturated carbocycles. The molecule has 3 rings (SSSR count). The molecule has 0 spiro atoms. The highest BCUT2D eigenvalue weighted by molar-refractivity contribution is 5.75. The summed E-state index contributed by atoms with van der Waals surface area (Å²) < 4.78 is 11.2. The van der Waals surface area contributed by atoms with Crippen LogP contribution in [0, 0.1) is 5.92 Å². The van der Waals surface area contributed by atoms with E-state index in [9.17, 15) is 4.79 Å². The lowest BCUT2D eigenvalue weighted by molar-refractivity contribution is 0.171. The van der Waals surface area contributed by atoms with E-state index in [4.69, 9.17) is 9.47 Å². The number of hydrogen-bond acceptors (Lipinski definition) is 3. The Hall–Kier alpha value is -2.69. The van der Waals surface area contributed by atoms with Gasteiger partial charge in [0.05, 0.1) is 12.1 Å². The average molecular weight is 354 g/mol. The van der Waals surface area contributed by atoms with Crippen molar-refractivity contribution >= 4 is 6.03 Å². The fraction of sp³-hybridized carbons (Fsp3) is 0.381. The molecule has 2 aromatic rings. The molecule has 2 amide bonds. The van der Waals surface area contributed by atoms with Crippen molar-refractivity contribution in [3.05, 3.63) is 59.7 Å². The van der Waals surface area contributed by atoms with Crippen molar-refractivity contribution in [3.63, 3.8) is 0 Å². The number of nitrogens with one attached hydrogen (secondary N) is 2. The normalized spacial score (nSPS) is 15.2. The SMILES string of the molecule is CC(C)[C@@H](NC(=O)N[C@@H](C)c1ccccc1)c1ccc2c(c1)OCCO2. The average Bonchev–Trinajstić information content (AvgIpc) is 2.66. The Balaban J connectivity index is 1.69. The number of ether oxygens (including phenoxy) is 2. The minimum absolute atomic E-state index is 0.0655. The van der Waals surface area contributed by atoms with Crippen molar-refractivity contribution in [2.75, 3.05) is 13.2 Å². The monoisotopic (exact) mass is 354 g/mol. The van der Waals surface area contributed by atoms with Crippen LogP contribution in [-0.4, -0.2) is 19.2 Å². The molecule has 5 heteroatoms. The molecule has 26 heavy (non-hydrogen) atoms. The van der Waals surface area contributed by atoms with Crippen LogP contribution in [0.4, 0.5) is 4.79 Å². The molecule has 1 heterocycles. The highest BCUT2D eigenvalue weighted by Crippen LogP contribution is 2.34. The van der Waals surface area contributed by atoms with E-state index in [2.05, 4.69) is 24.5 Å². The molecule has 2 aromatic carbocycles. The van der Waals surface area contributed by atoms with Gasteiger partial charge in [-0.25, -0.2) is 4.79 Å². The number of urea groups is 1. The van der Waals surface area contributed by atoms with Gasteiger partial charge in [0.25, 0.3) is 0 Å². The molecule has 0 aromatic heterocycles. The summed E-state index contributed by atoms with van der Waals surface area (Å²) in [5.41, 5.74) is 2.08. The number of fused-ring (bicyclic) bond motifs is 1. The zero-order valence-electron chi connectivity index (χ0n) is 15.5. The summed E-state index contributed by atoms with van der Waals surface area (Å²) in [6.45, 7) is 7.26. The van der Waals surface area contributed by atoms with E-state index in [0.717, 1.165) is 22.6 Å². The molecule has 5 nitrogen and oxygen atoms in total. The van der Waals surface area contributed by atoms with E-state index in [1.807, 2.05) is 55.5 Å². The summed E-state index contributed by atoms with van der Waals surface area (Å²) in [7, 11) is 0. The minimum atomic E-state index is -0.185. The van der Waals surface area contributed by atoms with Crippen LogP contribution in [0.1, 0.15) is 44.0 Å². The quantitative estimate of drug-likeness (QED) is 0.845. The van der Waals surface area contributed by atoms with Crippen LogP contribution in [-0.2, 0) is 0 Å². The van der Waals surface area contributed by atoms with Gasteiger partial charge in [0, 0.05) is 0 Å². The van der Waals surface area contributed by atoms with E-state index < -0.39 is 0 Å². The van der Waals surface area contributed by atoms with E-state index in [-0.39, 0.29) is 24.0 Å². The number of hydrogen-bond donors (Lipinski definition) is 2. The molecule has 0 saturated heterocycles. The Bertz CT molecular complexity index is 746. The van der Waals surface area contributed by atoms with Crippen LogP contribution in [0.25, 0.3) is 0 Å². The molecule has 2 N–H and O–H groups in total. The first-order valence-corrected chi connectivity index (χ1v) is 9.06. The molecule has 0 bridgehead atoms. The summed E-state index contributed by atoms with van der Waals surface area (Å²) in [4.78, 5) is 12.5. The zero-order valence-corrected chi connectivity index (χ0v) is 15.5. The number of rotatable bonds is 5. The lowest BCUT2D eigenvalue weighted by atomic mass is 9.95. The second kappa shape index (κ2) is 8.13. The Labute approximate surface area is 154 Å². The molecule has 0 aliphatic carbocycles. The van der Waals surface area contributed by atoms with Crippen LogP contribution in [0.3, 0.4) is 0 Å². The van der Waals surface area contributed by atoms with Crippen molar-refractivity contribution < 1.29 is 14.3 Å². The Morgan fingerprint density at radius 1 is 0.885 bits per heavy atom. The summed E-state index contributed by atoms with van der Waals surface area (Å²) in [6.07, 6.45) is 0. The number of carbonyl (C=O) groups excluding carboxylic acids is 1. The third-order valence-corrected chi connectivity index (χ3v) is 4.53. The fourth-order valence-electron chi connectivity index (χ4n) is 3.09. The Morgan fingerprint density at radius 3 is 2.27 bits per heavy atom. The van der Waals surface area contributed by atoms with Crippen LogP contribution in [0.2, 0.25) is 0 Å². The number of benzene rings is 2. The van der Waals surface area contributed by atoms with Gasteiger partial charge in [-0.05, 0) is 36.1 Å². The van der Waals surface area contributed by atoms with Crippen molar-refractivity contribution in [3.8, 4) is 11.5 Å². The maximum Gasteiger partial charge on any atom is 0.315 e. The molecule has 0 radical (unpaired) electrons. The van der Waals surface area contributed by atoms with Crippen LogP contribution >= 0.6 is 0 Å². The second-order valence-electron chi connectivity index (χ2n) is 6.87. The van der Waals surface area contributed by atoms with E-state index in [0.29, 0.717) is 13.2 Å². The van der Waals surface area contributed by atoms with Gasteiger partial charge in [0.2, 0.25) is 0 Å². The predicted molar refractivity (Wildman–Crippen MR) is 102 cm³/mol. The van der Waals surface area contributed by atoms with E-state index in [1.54, 1.807) is 0 Å². The van der Waals surface area contributed by atoms with Crippen molar-refractivity contribution in [1.29, 1.82) is 0 Å². The highest BCUT2D eigenvalue weighted by Gasteiger charge is 2.22. The summed E-state index contributed by atoms with van der Waals surface area (Å²) >= 11 is 0. The molecule has 138 valence electrons. The van der Waals surface area contributed by atoms with Gasteiger partial charge in [-0.1, -0.05) is 50.2 Å². The summed E-state index contributed by atoms with van der Waals surface area (Å²) in [5, 5.41) is 6.10. The first-order chi connectivity index (χ1) is 12.5. The van der Waals surface area contributed by atoms with Crippen LogP contribution in [0.15, 0.2) is 48.5 Å². The predicted octanol–water partition coefficient (Wildman–Crippen LogP) is 4.22. The lowest BCUT2D eigenvalue weighted by Gasteiger charge is -2.26. The minimum Gasteiger partial charge on any atom is -0.486 e. The van der Waals surface area contributed by atoms with Gasteiger partial charge in [-0.3, -0.25) is 0 Å². The van der Waals surface area contributed by atoms with Gasteiger partial charge < -0.3 is 20.1 Å². The summed E-state index contributed by atoms with van der Waals surface area (Å²) in [5.74, 6) is 1.72. The molecule has 1 aliphatic rings. The van der Waals surface area contributed by atoms with E-state index >= 15 is 0 Å². The molecule has 1 aliphatic heterocycles. The van der Waals surface area contributed by atoms with Gasteiger partial charge in [0.1, 0.15) is 13.2 Å². The van der Waals surface area contributed by atoms with Crippen molar-refractivity contribution in [1.82, 2.24) is 10.6 Å². The molecular weight excluding hydrogens is 328 g/mol. The third kappa shape index (κ3) is 4.28. The largest absolute Gasteiger partial charge is 0.486 e. The second-order valence-corrected chi connectivity index (χ2v) is 6.87. The lowest BCUT2D eigenvalue weighted by Crippen LogP contribution is -2.40. The highest BCUT2D eigenvalue weighted by atomic mass is 16.6. The van der Waals surface area contributed by atoms with E-state index in [1.165, 1.54) is 0 Å². The van der Waals surface area contributed by atoms with Crippen molar-refractivity contribution in [2.24, 2.45) is 5.92 Å². The third-order valence-electron chi connectivity index (χ3n) is 4.53. The van der Waals surface area contributed by atoms with Crippen LogP contribution in [0.5, 0.6) is 11.5 Å². The number of carbonyl (C=O) groups is 1. The maximum absolute atomic E-state index is 12.5.